The number of carbonyl (C=O) groups is 1. The van der Waals surface area contributed by atoms with Crippen LogP contribution in [0.3, 0.4) is 0 Å². The number of carbonyl (C=O) groups excluding carboxylic acids is 1. The van der Waals surface area contributed by atoms with E-state index in [1.54, 1.807) is 55.6 Å². The lowest BCUT2D eigenvalue weighted by Gasteiger charge is -2.13. The van der Waals surface area contributed by atoms with Crippen molar-refractivity contribution in [2.45, 2.75) is 6.92 Å². The third kappa shape index (κ3) is 2.63. The number of ether oxygens (including phenoxy) is 1. The van der Waals surface area contributed by atoms with Gasteiger partial charge in [0.1, 0.15) is 11.3 Å². The van der Waals surface area contributed by atoms with Crippen molar-refractivity contribution in [2.24, 2.45) is 0 Å². The SMILES string of the molecule is CCOC(=O)c1c(O)c(-c2ccc(Cl)cc2)c(=O)n2ccccc12. The van der Waals surface area contributed by atoms with Crippen LogP contribution in [-0.4, -0.2) is 22.1 Å². The molecule has 0 saturated carbocycles. The summed E-state index contributed by atoms with van der Waals surface area (Å²) in [5, 5.41) is 11.1. The van der Waals surface area contributed by atoms with Gasteiger partial charge in [-0.2, -0.15) is 0 Å². The lowest BCUT2D eigenvalue weighted by molar-refractivity contribution is 0.0525. The van der Waals surface area contributed by atoms with E-state index in [2.05, 4.69) is 0 Å². The van der Waals surface area contributed by atoms with Crippen molar-refractivity contribution >= 4 is 23.1 Å². The third-order valence-electron chi connectivity index (χ3n) is 3.63. The molecule has 0 aliphatic carbocycles. The topological polar surface area (TPSA) is 68.0 Å². The van der Waals surface area contributed by atoms with E-state index in [-0.39, 0.29) is 23.3 Å². The van der Waals surface area contributed by atoms with E-state index in [9.17, 15) is 14.7 Å². The lowest BCUT2D eigenvalue weighted by Crippen LogP contribution is -2.20. The standard InChI is InChI=1S/C18H14ClNO4/c1-2-24-18(23)15-13-5-3-4-10-20(13)17(22)14(16(15)21)11-6-8-12(19)9-7-11/h3-10,21H,2H2,1H3. The van der Waals surface area contributed by atoms with E-state index in [0.29, 0.717) is 10.6 Å². The number of aromatic hydroxyl groups is 1. The molecule has 0 atom stereocenters. The van der Waals surface area contributed by atoms with Crippen LogP contribution >= 0.6 is 11.6 Å². The van der Waals surface area contributed by atoms with E-state index >= 15 is 0 Å². The van der Waals surface area contributed by atoms with Gasteiger partial charge in [-0.3, -0.25) is 9.20 Å². The van der Waals surface area contributed by atoms with Gasteiger partial charge < -0.3 is 9.84 Å². The summed E-state index contributed by atoms with van der Waals surface area (Å²) in [4.78, 5) is 25.1. The molecule has 5 nitrogen and oxygen atoms in total. The first-order valence-corrected chi connectivity index (χ1v) is 7.71. The minimum Gasteiger partial charge on any atom is -0.506 e. The number of fused-ring (bicyclic) bond motifs is 1. The quantitative estimate of drug-likeness (QED) is 0.739. The first-order chi connectivity index (χ1) is 11.5. The minimum absolute atomic E-state index is 0.0263. The van der Waals surface area contributed by atoms with Crippen LogP contribution in [0.15, 0.2) is 53.5 Å². The summed E-state index contributed by atoms with van der Waals surface area (Å²) in [6.07, 6.45) is 1.54. The van der Waals surface area contributed by atoms with Crippen LogP contribution in [0.25, 0.3) is 16.6 Å². The normalized spacial score (nSPS) is 10.8. The molecule has 6 heteroatoms. The summed E-state index contributed by atoms with van der Waals surface area (Å²) in [5.74, 6) is -1.08. The zero-order valence-electron chi connectivity index (χ0n) is 12.8. The number of pyridine rings is 2. The fourth-order valence-electron chi connectivity index (χ4n) is 2.57. The van der Waals surface area contributed by atoms with Crippen molar-refractivity contribution in [1.82, 2.24) is 4.40 Å². The molecule has 3 aromatic rings. The number of hydrogen-bond acceptors (Lipinski definition) is 4. The highest BCUT2D eigenvalue weighted by atomic mass is 35.5. The second-order valence-electron chi connectivity index (χ2n) is 5.09. The van der Waals surface area contributed by atoms with Crippen LogP contribution in [0, 0.1) is 0 Å². The van der Waals surface area contributed by atoms with Crippen LogP contribution < -0.4 is 5.56 Å². The van der Waals surface area contributed by atoms with Gasteiger partial charge in [-0.15, -0.1) is 0 Å². The molecule has 0 bridgehead atoms. The van der Waals surface area contributed by atoms with Crippen LogP contribution in [0.4, 0.5) is 0 Å². The van der Waals surface area contributed by atoms with Gasteiger partial charge in [0.15, 0.2) is 0 Å². The molecular weight excluding hydrogens is 330 g/mol. The minimum atomic E-state index is -0.686. The van der Waals surface area contributed by atoms with Gasteiger partial charge in [-0.25, -0.2) is 4.79 Å². The molecule has 0 aliphatic rings. The van der Waals surface area contributed by atoms with Gasteiger partial charge in [0, 0.05) is 11.2 Å². The summed E-state index contributed by atoms with van der Waals surface area (Å²) in [6.45, 7) is 1.83. The van der Waals surface area contributed by atoms with Crippen molar-refractivity contribution in [3.63, 3.8) is 0 Å². The van der Waals surface area contributed by atoms with Crippen LogP contribution in [0.1, 0.15) is 17.3 Å². The average Bonchev–Trinajstić information content (AvgIpc) is 2.57. The van der Waals surface area contributed by atoms with Crippen LogP contribution in [-0.2, 0) is 4.74 Å². The maximum atomic E-state index is 12.8. The van der Waals surface area contributed by atoms with Gasteiger partial charge in [0.05, 0.1) is 17.7 Å². The molecule has 122 valence electrons. The zero-order chi connectivity index (χ0) is 17.3. The second-order valence-corrected chi connectivity index (χ2v) is 5.52. The zero-order valence-corrected chi connectivity index (χ0v) is 13.6. The smallest absolute Gasteiger partial charge is 0.344 e. The number of esters is 1. The van der Waals surface area contributed by atoms with Crippen molar-refractivity contribution in [3.05, 3.63) is 69.6 Å². The highest BCUT2D eigenvalue weighted by Crippen LogP contribution is 2.32. The highest BCUT2D eigenvalue weighted by Gasteiger charge is 2.24. The summed E-state index contributed by atoms with van der Waals surface area (Å²) in [6, 6.07) is 11.4. The Kier molecular flexibility index (Phi) is 4.27. The molecule has 0 aliphatic heterocycles. The fraction of sp³-hybridized carbons (Fsp3) is 0.111. The molecule has 24 heavy (non-hydrogen) atoms. The summed E-state index contributed by atoms with van der Waals surface area (Å²) >= 11 is 5.88. The van der Waals surface area contributed by atoms with E-state index in [1.165, 1.54) is 4.40 Å². The van der Waals surface area contributed by atoms with Gasteiger partial charge in [0.25, 0.3) is 5.56 Å². The maximum absolute atomic E-state index is 12.8. The van der Waals surface area contributed by atoms with Crippen molar-refractivity contribution in [3.8, 4) is 16.9 Å². The number of aromatic nitrogens is 1. The molecule has 0 amide bonds. The largest absolute Gasteiger partial charge is 0.506 e. The number of benzene rings is 1. The fourth-order valence-corrected chi connectivity index (χ4v) is 2.70. The van der Waals surface area contributed by atoms with Crippen molar-refractivity contribution in [1.29, 1.82) is 0 Å². The first-order valence-electron chi connectivity index (χ1n) is 7.34. The summed E-state index contributed by atoms with van der Waals surface area (Å²) < 4.78 is 6.35. The first kappa shape index (κ1) is 16.1. The Hall–Kier alpha value is -2.79. The van der Waals surface area contributed by atoms with Crippen LogP contribution in [0.2, 0.25) is 5.02 Å². The molecule has 0 saturated heterocycles. The molecule has 1 N–H and O–H groups in total. The molecule has 2 aromatic heterocycles. The molecule has 2 heterocycles. The van der Waals surface area contributed by atoms with Gasteiger partial charge in [-0.05, 0) is 36.8 Å². The Morgan fingerprint density at radius 2 is 1.92 bits per heavy atom. The van der Waals surface area contributed by atoms with Crippen LogP contribution in [0.5, 0.6) is 5.75 Å². The monoisotopic (exact) mass is 343 g/mol. The third-order valence-corrected chi connectivity index (χ3v) is 3.89. The van der Waals surface area contributed by atoms with E-state index < -0.39 is 17.3 Å². The second kappa shape index (κ2) is 6.37. The molecule has 1 aromatic carbocycles. The summed E-state index contributed by atoms with van der Waals surface area (Å²) in [7, 11) is 0. The van der Waals surface area contributed by atoms with Crippen molar-refractivity contribution < 1.29 is 14.6 Å². The van der Waals surface area contributed by atoms with E-state index in [0.717, 1.165) is 0 Å². The van der Waals surface area contributed by atoms with E-state index in [1.807, 2.05) is 0 Å². The number of hydrogen-bond donors (Lipinski definition) is 1. The van der Waals surface area contributed by atoms with E-state index in [4.69, 9.17) is 16.3 Å². The maximum Gasteiger partial charge on any atom is 0.344 e. The molecule has 0 radical (unpaired) electrons. The molecule has 0 unspecified atom stereocenters. The molecule has 3 rings (SSSR count). The number of rotatable bonds is 3. The lowest BCUT2D eigenvalue weighted by atomic mass is 10.0. The summed E-state index contributed by atoms with van der Waals surface area (Å²) in [5.41, 5.74) is 0.306. The highest BCUT2D eigenvalue weighted by molar-refractivity contribution is 6.30. The number of nitrogens with zero attached hydrogens (tertiary/aromatic N) is 1. The Balaban J connectivity index is 2.40. The molecule has 0 spiro atoms. The predicted octanol–water partition coefficient (Wildman–Crippen LogP) is 3.50. The number of halogens is 1. The predicted molar refractivity (Wildman–Crippen MR) is 91.7 cm³/mol. The Morgan fingerprint density at radius 1 is 1.21 bits per heavy atom. The van der Waals surface area contributed by atoms with Gasteiger partial charge >= 0.3 is 5.97 Å². The van der Waals surface area contributed by atoms with Gasteiger partial charge in [-0.1, -0.05) is 29.8 Å². The Bertz CT molecular complexity index is 977. The van der Waals surface area contributed by atoms with Gasteiger partial charge in [0.2, 0.25) is 0 Å². The Labute approximate surface area is 142 Å². The molecular formula is C18H14ClNO4. The molecule has 0 fully saturated rings. The van der Waals surface area contributed by atoms with Crippen molar-refractivity contribution in [2.75, 3.05) is 6.61 Å². The average molecular weight is 344 g/mol. The Morgan fingerprint density at radius 3 is 2.58 bits per heavy atom.